The first-order valence-corrected chi connectivity index (χ1v) is 7.05. The van der Waals surface area contributed by atoms with Crippen LogP contribution in [0.3, 0.4) is 0 Å². The maximum atomic E-state index is 11.1. The molecule has 1 aromatic rings. The number of alkyl carbamates (subject to hydrolysis) is 1. The van der Waals surface area contributed by atoms with Crippen molar-refractivity contribution in [2.45, 2.75) is 4.90 Å². The number of hydrogen-bond acceptors (Lipinski definition) is 6. The van der Waals surface area contributed by atoms with E-state index in [9.17, 15) is 14.9 Å². The number of nitrogens with zero attached hydrogens (tertiary/aromatic N) is 1. The number of anilines is 1. The largest absolute Gasteiger partial charge is 0.453 e. The molecule has 112 valence electrons. The predicted octanol–water partition coefficient (Wildman–Crippen LogP) is 2.93. The topological polar surface area (TPSA) is 93.5 Å². The monoisotopic (exact) mass is 327 g/mol. The smallest absolute Gasteiger partial charge is 0.413 e. The lowest BCUT2D eigenvalue weighted by atomic mass is 10.2. The first kappa shape index (κ1) is 16.9. The zero-order chi connectivity index (χ0) is 15.8. The van der Waals surface area contributed by atoms with Gasteiger partial charge in [-0.05, 0) is 24.4 Å². The van der Waals surface area contributed by atoms with E-state index in [0.29, 0.717) is 5.75 Å². The summed E-state index contributed by atoms with van der Waals surface area (Å²) >= 11 is 6.28. The summed E-state index contributed by atoms with van der Waals surface area (Å²) in [6, 6.07) is 4.66. The van der Waals surface area contributed by atoms with Gasteiger partial charge in [0.25, 0.3) is 5.69 Å². The summed E-state index contributed by atoms with van der Waals surface area (Å²) in [7, 11) is 1.19. The third-order valence-corrected chi connectivity index (χ3v) is 3.38. The van der Waals surface area contributed by atoms with E-state index >= 15 is 0 Å². The van der Waals surface area contributed by atoms with E-state index in [2.05, 4.69) is 21.9 Å². The predicted molar refractivity (Wildman–Crippen MR) is 85.8 cm³/mol. The molecule has 0 heterocycles. The third kappa shape index (κ3) is 5.40. The van der Waals surface area contributed by atoms with Gasteiger partial charge in [-0.25, -0.2) is 4.79 Å². The van der Waals surface area contributed by atoms with Crippen molar-refractivity contribution in [3.05, 3.63) is 41.0 Å². The van der Waals surface area contributed by atoms with Crippen LogP contribution in [0.4, 0.5) is 16.2 Å². The number of thiocarbonyl (C=S) groups is 1. The van der Waals surface area contributed by atoms with Crippen LogP contribution in [0, 0.1) is 10.1 Å². The molecule has 1 aromatic carbocycles. The van der Waals surface area contributed by atoms with E-state index < -0.39 is 11.0 Å². The van der Waals surface area contributed by atoms with Crippen molar-refractivity contribution in [2.75, 3.05) is 18.2 Å². The summed E-state index contributed by atoms with van der Waals surface area (Å²) in [5, 5.41) is 15.8. The Hall–Kier alpha value is -2.13. The molecule has 0 spiro atoms. The number of methoxy groups -OCH3 is 1. The lowest BCUT2D eigenvalue weighted by Gasteiger charge is -2.09. The fourth-order valence-electron chi connectivity index (χ4n) is 1.31. The molecule has 7 nitrogen and oxygen atoms in total. The number of thioether (sulfide) groups is 1. The number of carbonyl (C=O) groups is 1. The molecular weight excluding hydrogens is 314 g/mol. The summed E-state index contributed by atoms with van der Waals surface area (Å²) in [6.07, 6.45) is 0.950. The normalized spacial score (nSPS) is 9.57. The molecule has 0 saturated carbocycles. The van der Waals surface area contributed by atoms with Crippen LogP contribution in [-0.2, 0) is 4.74 Å². The van der Waals surface area contributed by atoms with Crippen LogP contribution in [0.15, 0.2) is 35.7 Å². The van der Waals surface area contributed by atoms with Crippen molar-refractivity contribution in [3.8, 4) is 0 Å². The van der Waals surface area contributed by atoms with Gasteiger partial charge in [-0.1, -0.05) is 6.08 Å². The number of nitrogens with one attached hydrogen (secondary N) is 2. The summed E-state index contributed by atoms with van der Waals surface area (Å²) < 4.78 is 4.38. The van der Waals surface area contributed by atoms with Crippen LogP contribution in [0.25, 0.3) is 0 Å². The SMILES string of the molecule is C=CCSc1ccc(NC(=S)NC(=O)OC)c([N+](=O)[O-])c1. The molecule has 0 radical (unpaired) electrons. The van der Waals surface area contributed by atoms with Gasteiger partial charge >= 0.3 is 6.09 Å². The molecule has 2 N–H and O–H groups in total. The highest BCUT2D eigenvalue weighted by Crippen LogP contribution is 2.30. The van der Waals surface area contributed by atoms with E-state index in [0.717, 1.165) is 4.90 Å². The fraction of sp³-hybridized carbons (Fsp3) is 0.167. The second kappa shape index (κ2) is 8.22. The minimum Gasteiger partial charge on any atom is -0.453 e. The molecule has 0 fully saturated rings. The number of nitro benzene ring substituents is 1. The molecule has 0 bridgehead atoms. The lowest BCUT2D eigenvalue weighted by Crippen LogP contribution is -2.34. The highest BCUT2D eigenvalue weighted by atomic mass is 32.2. The van der Waals surface area contributed by atoms with Gasteiger partial charge in [0.1, 0.15) is 5.69 Å². The van der Waals surface area contributed by atoms with Crippen LogP contribution >= 0.6 is 24.0 Å². The Morgan fingerprint density at radius 2 is 2.33 bits per heavy atom. The molecule has 1 rings (SSSR count). The summed E-state index contributed by atoms with van der Waals surface area (Å²) in [4.78, 5) is 22.3. The Kier molecular flexibility index (Phi) is 6.63. The Labute approximate surface area is 130 Å². The van der Waals surface area contributed by atoms with Crippen LogP contribution in [0.1, 0.15) is 0 Å². The molecule has 0 atom stereocenters. The van der Waals surface area contributed by atoms with Crippen molar-refractivity contribution in [1.29, 1.82) is 0 Å². The van der Waals surface area contributed by atoms with Gasteiger partial charge in [0, 0.05) is 16.7 Å². The molecule has 21 heavy (non-hydrogen) atoms. The number of nitro groups is 1. The van der Waals surface area contributed by atoms with Gasteiger partial charge in [0.2, 0.25) is 0 Å². The van der Waals surface area contributed by atoms with Crippen molar-refractivity contribution in [2.24, 2.45) is 0 Å². The molecule has 0 saturated heterocycles. The fourth-order valence-corrected chi connectivity index (χ4v) is 2.17. The number of benzene rings is 1. The van der Waals surface area contributed by atoms with Gasteiger partial charge in [-0.2, -0.15) is 0 Å². The van der Waals surface area contributed by atoms with Gasteiger partial charge in [-0.3, -0.25) is 15.4 Å². The van der Waals surface area contributed by atoms with Crippen molar-refractivity contribution in [3.63, 3.8) is 0 Å². The molecule has 1 amide bonds. The third-order valence-electron chi connectivity index (χ3n) is 2.18. The number of rotatable bonds is 5. The van der Waals surface area contributed by atoms with Crippen LogP contribution in [0.5, 0.6) is 0 Å². The van der Waals surface area contributed by atoms with Crippen molar-refractivity contribution in [1.82, 2.24) is 5.32 Å². The average Bonchev–Trinajstić information content (AvgIpc) is 2.45. The van der Waals surface area contributed by atoms with E-state index in [1.54, 1.807) is 12.1 Å². The van der Waals surface area contributed by atoms with Gasteiger partial charge in [0.15, 0.2) is 5.11 Å². The number of hydrogen-bond donors (Lipinski definition) is 2. The minimum absolute atomic E-state index is 0.0866. The van der Waals surface area contributed by atoms with Crippen molar-refractivity contribution >= 4 is 46.6 Å². The van der Waals surface area contributed by atoms with E-state index in [1.807, 2.05) is 0 Å². The number of carbonyl (C=O) groups excluding carboxylic acids is 1. The van der Waals surface area contributed by atoms with Crippen molar-refractivity contribution < 1.29 is 14.5 Å². The van der Waals surface area contributed by atoms with E-state index in [1.165, 1.54) is 31.0 Å². The molecule has 0 aromatic heterocycles. The number of amides is 1. The van der Waals surface area contributed by atoms with Crippen LogP contribution < -0.4 is 10.6 Å². The summed E-state index contributed by atoms with van der Waals surface area (Å²) in [5.74, 6) is 0.645. The molecule has 0 aliphatic rings. The minimum atomic E-state index is -0.756. The van der Waals surface area contributed by atoms with E-state index in [4.69, 9.17) is 12.2 Å². The van der Waals surface area contributed by atoms with Gasteiger partial charge in [0.05, 0.1) is 12.0 Å². The van der Waals surface area contributed by atoms with Gasteiger partial charge in [-0.15, -0.1) is 18.3 Å². The number of ether oxygens (including phenoxy) is 1. The summed E-state index contributed by atoms with van der Waals surface area (Å²) in [5.41, 5.74) is 0.0439. The van der Waals surface area contributed by atoms with E-state index in [-0.39, 0.29) is 16.5 Å². The summed E-state index contributed by atoms with van der Waals surface area (Å²) in [6.45, 7) is 3.59. The zero-order valence-corrected chi connectivity index (χ0v) is 12.8. The van der Waals surface area contributed by atoms with Gasteiger partial charge < -0.3 is 10.1 Å². The lowest BCUT2D eigenvalue weighted by molar-refractivity contribution is -0.384. The van der Waals surface area contributed by atoms with Crippen LogP contribution in [0.2, 0.25) is 0 Å². The van der Waals surface area contributed by atoms with Crippen LogP contribution in [-0.4, -0.2) is 29.0 Å². The quantitative estimate of drug-likeness (QED) is 0.282. The first-order chi connectivity index (χ1) is 9.97. The zero-order valence-electron chi connectivity index (χ0n) is 11.1. The Balaban J connectivity index is 2.90. The highest BCUT2D eigenvalue weighted by Gasteiger charge is 2.16. The maximum absolute atomic E-state index is 11.1. The molecular formula is C12H13N3O4S2. The second-order valence-electron chi connectivity index (χ2n) is 3.61. The second-order valence-corrected chi connectivity index (χ2v) is 5.11. The highest BCUT2D eigenvalue weighted by molar-refractivity contribution is 7.99. The molecule has 0 unspecified atom stereocenters. The Bertz CT molecular complexity index is 578. The molecule has 0 aliphatic carbocycles. The molecule has 9 heteroatoms. The first-order valence-electron chi connectivity index (χ1n) is 5.66. The Morgan fingerprint density at radius 3 is 2.90 bits per heavy atom. The Morgan fingerprint density at radius 1 is 1.62 bits per heavy atom. The average molecular weight is 327 g/mol. The maximum Gasteiger partial charge on any atom is 0.413 e. The standard InChI is InChI=1S/C12H13N3O4S2/c1-3-6-21-8-4-5-9(10(7-8)15(17)18)13-11(20)14-12(16)19-2/h3-5,7H,1,6H2,2H3,(H2,13,14,16,20). The molecule has 0 aliphatic heterocycles.